The van der Waals surface area contributed by atoms with Gasteiger partial charge in [-0.2, -0.15) is 0 Å². The Morgan fingerprint density at radius 2 is 1.68 bits per heavy atom. The second kappa shape index (κ2) is 7.99. The molecule has 28 heavy (non-hydrogen) atoms. The topological polar surface area (TPSA) is 46.2 Å². The van der Waals surface area contributed by atoms with Gasteiger partial charge in [-0.25, -0.2) is 4.68 Å². The lowest BCUT2D eigenvalue weighted by Gasteiger charge is -2.29. The van der Waals surface area contributed by atoms with Crippen molar-refractivity contribution in [3.63, 3.8) is 0 Å². The lowest BCUT2D eigenvalue weighted by atomic mass is 10.1. The molecule has 1 N–H and O–H groups in total. The molecule has 0 unspecified atom stereocenters. The van der Waals surface area contributed by atoms with E-state index in [0.29, 0.717) is 18.0 Å². The molecule has 0 saturated carbocycles. The molecule has 5 nitrogen and oxygen atoms in total. The highest BCUT2D eigenvalue weighted by Crippen LogP contribution is 2.24. The van der Waals surface area contributed by atoms with Crippen LogP contribution in [0.5, 0.6) is 0 Å². The normalized spacial score (nSPS) is 17.8. The van der Waals surface area contributed by atoms with Gasteiger partial charge in [0.1, 0.15) is 0 Å². The highest BCUT2D eigenvalue weighted by Gasteiger charge is 2.20. The van der Waals surface area contributed by atoms with Crippen LogP contribution in [0.4, 0.5) is 0 Å². The molecule has 146 valence electrons. The Kier molecular flexibility index (Phi) is 5.44. The van der Waals surface area contributed by atoms with E-state index in [1.807, 2.05) is 9.25 Å². The largest absolute Gasteiger partial charge is 0.392 e. The molecule has 1 saturated heterocycles. The molecule has 2 heterocycles. The van der Waals surface area contributed by atoms with Crippen molar-refractivity contribution in [3.8, 4) is 17.1 Å². The van der Waals surface area contributed by atoms with Crippen LogP contribution in [0.15, 0.2) is 48.5 Å². The Balaban J connectivity index is 1.78. The zero-order valence-electron chi connectivity index (χ0n) is 16.4. The molecule has 6 heteroatoms. The lowest BCUT2D eigenvalue weighted by molar-refractivity contribution is 0.0513. The molecule has 3 aromatic rings. The summed E-state index contributed by atoms with van der Waals surface area (Å²) in [5.74, 6) is 0.839. The number of nitrogens with zero attached hydrogens (tertiary/aromatic N) is 4. The van der Waals surface area contributed by atoms with Gasteiger partial charge in [0.15, 0.2) is 5.82 Å². The molecule has 1 aliphatic heterocycles. The Bertz CT molecular complexity index is 1000. The molecule has 0 amide bonds. The van der Waals surface area contributed by atoms with Crippen LogP contribution in [-0.4, -0.2) is 43.5 Å². The monoisotopic (exact) mass is 394 g/mol. The van der Waals surface area contributed by atoms with Crippen LogP contribution in [0, 0.1) is 18.6 Å². The highest BCUT2D eigenvalue weighted by molar-refractivity contribution is 7.71. The number of hydrogen-bond acceptors (Lipinski definition) is 4. The van der Waals surface area contributed by atoms with Gasteiger partial charge in [0.05, 0.1) is 12.8 Å². The molecule has 0 bridgehead atoms. The molecule has 1 fully saturated rings. The third kappa shape index (κ3) is 3.94. The fourth-order valence-corrected chi connectivity index (χ4v) is 3.96. The number of rotatable bonds is 4. The summed E-state index contributed by atoms with van der Waals surface area (Å²) in [5.41, 5.74) is 4.47. The number of β-amino-alcohol motifs (C(OH)–C–C–N with tert-alkyl or cyclic N) is 1. The molecule has 1 atom stereocenters. The predicted octanol–water partition coefficient (Wildman–Crippen LogP) is 4.10. The maximum Gasteiger partial charge on any atom is 0.204 e. The van der Waals surface area contributed by atoms with Crippen LogP contribution in [-0.2, 0) is 6.67 Å². The van der Waals surface area contributed by atoms with E-state index in [1.54, 1.807) is 0 Å². The van der Waals surface area contributed by atoms with Crippen LogP contribution in [0.3, 0.4) is 0 Å². The zero-order valence-corrected chi connectivity index (χ0v) is 17.2. The Labute approximate surface area is 170 Å². The SMILES string of the molecule is Cc1ccc(-c2nn(CN3CCC[C@@H](O)C3)c(=S)n2-c2ccc(C)cc2)cc1. The van der Waals surface area contributed by atoms with E-state index in [0.717, 1.165) is 36.5 Å². The number of piperidine rings is 1. The smallest absolute Gasteiger partial charge is 0.204 e. The quantitative estimate of drug-likeness (QED) is 0.677. The van der Waals surface area contributed by atoms with Gasteiger partial charge >= 0.3 is 0 Å². The van der Waals surface area contributed by atoms with E-state index in [9.17, 15) is 5.11 Å². The summed E-state index contributed by atoms with van der Waals surface area (Å²) in [6.45, 7) is 6.37. The van der Waals surface area contributed by atoms with Crippen LogP contribution in [0.25, 0.3) is 17.1 Å². The third-order valence-corrected chi connectivity index (χ3v) is 5.65. The van der Waals surface area contributed by atoms with Crippen molar-refractivity contribution in [1.29, 1.82) is 0 Å². The maximum atomic E-state index is 9.99. The maximum absolute atomic E-state index is 9.99. The fraction of sp³-hybridized carbons (Fsp3) is 0.364. The van der Waals surface area contributed by atoms with E-state index >= 15 is 0 Å². The summed E-state index contributed by atoms with van der Waals surface area (Å²) in [7, 11) is 0. The number of aromatic nitrogens is 3. The molecule has 2 aromatic carbocycles. The van der Waals surface area contributed by atoms with Gasteiger partial charge in [0.25, 0.3) is 0 Å². The minimum absolute atomic E-state index is 0.265. The second-order valence-corrected chi connectivity index (χ2v) is 8.02. The van der Waals surface area contributed by atoms with Crippen molar-refractivity contribution in [2.24, 2.45) is 0 Å². The standard InChI is InChI=1S/C22H26N4OS/c1-16-5-9-18(10-6-16)21-23-25(15-24-13-3-4-20(27)14-24)22(28)26(21)19-11-7-17(2)8-12-19/h5-12,20,27H,3-4,13-15H2,1-2H3/t20-/m1/s1. The number of aryl methyl sites for hydroxylation is 2. The van der Waals surface area contributed by atoms with Crippen LogP contribution < -0.4 is 0 Å². The van der Waals surface area contributed by atoms with Crippen LogP contribution >= 0.6 is 12.2 Å². The zero-order chi connectivity index (χ0) is 19.7. The van der Waals surface area contributed by atoms with Crippen LogP contribution in [0.1, 0.15) is 24.0 Å². The third-order valence-electron chi connectivity index (χ3n) is 5.26. The fourth-order valence-electron chi connectivity index (χ4n) is 3.67. The molecular weight excluding hydrogens is 368 g/mol. The van der Waals surface area contributed by atoms with Gasteiger partial charge in [-0.15, -0.1) is 5.10 Å². The van der Waals surface area contributed by atoms with Gasteiger partial charge in [0, 0.05) is 24.3 Å². The number of likely N-dealkylation sites (tertiary alicyclic amines) is 1. The van der Waals surface area contributed by atoms with Gasteiger partial charge in [-0.1, -0.05) is 47.5 Å². The Morgan fingerprint density at radius 3 is 2.32 bits per heavy atom. The number of benzene rings is 2. The molecule has 0 radical (unpaired) electrons. The molecule has 0 aliphatic carbocycles. The van der Waals surface area contributed by atoms with E-state index in [-0.39, 0.29) is 6.10 Å². The minimum atomic E-state index is -0.265. The number of aliphatic hydroxyl groups excluding tert-OH is 1. The first kappa shape index (κ1) is 19.1. The first-order valence-electron chi connectivity index (χ1n) is 9.75. The van der Waals surface area contributed by atoms with Gasteiger partial charge in [0.2, 0.25) is 4.77 Å². The predicted molar refractivity (Wildman–Crippen MR) is 114 cm³/mol. The van der Waals surface area contributed by atoms with Crippen molar-refractivity contribution >= 4 is 12.2 Å². The van der Waals surface area contributed by atoms with E-state index in [4.69, 9.17) is 17.3 Å². The molecule has 1 aliphatic rings. The molecule has 4 rings (SSSR count). The van der Waals surface area contributed by atoms with Crippen molar-refractivity contribution < 1.29 is 5.11 Å². The van der Waals surface area contributed by atoms with Crippen molar-refractivity contribution in [3.05, 3.63) is 64.4 Å². The Hall–Kier alpha value is -2.28. The summed E-state index contributed by atoms with van der Waals surface area (Å²) in [6, 6.07) is 16.7. The highest BCUT2D eigenvalue weighted by atomic mass is 32.1. The average Bonchev–Trinajstić information content (AvgIpc) is 2.99. The first-order valence-corrected chi connectivity index (χ1v) is 10.2. The van der Waals surface area contributed by atoms with E-state index < -0.39 is 0 Å². The van der Waals surface area contributed by atoms with Gasteiger partial charge < -0.3 is 5.11 Å². The molecular formula is C22H26N4OS. The van der Waals surface area contributed by atoms with Gasteiger partial charge in [-0.3, -0.25) is 9.47 Å². The lowest BCUT2D eigenvalue weighted by Crippen LogP contribution is -2.39. The summed E-state index contributed by atoms with van der Waals surface area (Å²) in [5, 5.41) is 14.9. The molecule has 1 aromatic heterocycles. The summed E-state index contributed by atoms with van der Waals surface area (Å²) < 4.78 is 4.59. The molecule has 0 spiro atoms. The average molecular weight is 395 g/mol. The minimum Gasteiger partial charge on any atom is -0.392 e. The number of hydrogen-bond donors (Lipinski definition) is 1. The summed E-state index contributed by atoms with van der Waals surface area (Å²) >= 11 is 5.83. The van der Waals surface area contributed by atoms with Crippen molar-refractivity contribution in [2.45, 2.75) is 39.5 Å². The summed E-state index contributed by atoms with van der Waals surface area (Å²) in [4.78, 5) is 2.22. The van der Waals surface area contributed by atoms with Gasteiger partial charge in [-0.05, 0) is 51.0 Å². The van der Waals surface area contributed by atoms with Crippen molar-refractivity contribution in [2.75, 3.05) is 13.1 Å². The van der Waals surface area contributed by atoms with Crippen molar-refractivity contribution in [1.82, 2.24) is 19.2 Å². The first-order chi connectivity index (χ1) is 13.5. The summed E-state index contributed by atoms with van der Waals surface area (Å²) in [6.07, 6.45) is 1.60. The van der Waals surface area contributed by atoms with E-state index in [2.05, 4.69) is 67.3 Å². The second-order valence-electron chi connectivity index (χ2n) is 7.66. The van der Waals surface area contributed by atoms with Crippen LogP contribution in [0.2, 0.25) is 0 Å². The Morgan fingerprint density at radius 1 is 1.04 bits per heavy atom. The van der Waals surface area contributed by atoms with E-state index in [1.165, 1.54) is 11.1 Å². The number of aliphatic hydroxyl groups is 1.